The van der Waals surface area contributed by atoms with Gasteiger partial charge in [0.2, 0.25) is 5.72 Å². The number of hydrogen-bond acceptors (Lipinski definition) is 5. The second kappa shape index (κ2) is 4.81. The van der Waals surface area contributed by atoms with Crippen LogP contribution in [0.15, 0.2) is 54.4 Å². The van der Waals surface area contributed by atoms with Crippen molar-refractivity contribution in [2.24, 2.45) is 0 Å². The van der Waals surface area contributed by atoms with Crippen molar-refractivity contribution in [2.75, 3.05) is 0 Å². The summed E-state index contributed by atoms with van der Waals surface area (Å²) in [7, 11) is 0. The third kappa shape index (κ3) is 1.96. The molecule has 0 radical (unpaired) electrons. The van der Waals surface area contributed by atoms with Crippen LogP contribution in [-0.2, 0) is 10.5 Å². The molecule has 2 aromatic heterocycles. The summed E-state index contributed by atoms with van der Waals surface area (Å²) in [4.78, 5) is 20.2. The van der Waals surface area contributed by atoms with Gasteiger partial charge >= 0.3 is 0 Å². The standard InChI is InChI=1S/C15H10N4O2/c16-9-10-13(11-5-1-3-7-17-11)15(21,19-14(10)20)12-6-2-4-8-18-12/h1-8,21H,(H,19,20)/t15-/m0/s1. The molecule has 1 atom stereocenters. The Kier molecular flexibility index (Phi) is 2.97. The minimum atomic E-state index is -1.86. The molecule has 1 aliphatic heterocycles. The Morgan fingerprint density at radius 2 is 1.86 bits per heavy atom. The summed E-state index contributed by atoms with van der Waals surface area (Å²) in [5.74, 6) is -0.647. The van der Waals surface area contributed by atoms with Gasteiger partial charge < -0.3 is 10.4 Å². The normalized spacial score (nSPS) is 21.0. The largest absolute Gasteiger partial charge is 0.362 e. The van der Waals surface area contributed by atoms with Crippen molar-refractivity contribution in [1.29, 1.82) is 5.26 Å². The average Bonchev–Trinajstić information content (AvgIpc) is 2.80. The predicted molar refractivity (Wildman–Crippen MR) is 73.0 cm³/mol. The molecular weight excluding hydrogens is 268 g/mol. The van der Waals surface area contributed by atoms with Crippen LogP contribution in [0.25, 0.3) is 5.57 Å². The Morgan fingerprint density at radius 1 is 1.14 bits per heavy atom. The number of carbonyl (C=O) groups is 1. The lowest BCUT2D eigenvalue weighted by Gasteiger charge is -2.25. The highest BCUT2D eigenvalue weighted by atomic mass is 16.3. The molecular formula is C15H10N4O2. The SMILES string of the molecule is N#CC1=C(c2ccccn2)[C@@](O)(c2ccccn2)NC1=O. The van der Waals surface area contributed by atoms with Gasteiger partial charge in [0.25, 0.3) is 5.91 Å². The van der Waals surface area contributed by atoms with E-state index in [9.17, 15) is 15.2 Å². The molecule has 0 spiro atoms. The molecule has 2 N–H and O–H groups in total. The summed E-state index contributed by atoms with van der Waals surface area (Å²) in [5.41, 5.74) is -1.33. The van der Waals surface area contributed by atoms with Gasteiger partial charge in [-0.25, -0.2) is 0 Å². The number of pyridine rings is 2. The third-order valence-corrected chi connectivity index (χ3v) is 3.20. The van der Waals surface area contributed by atoms with Gasteiger partial charge in [0.1, 0.15) is 11.6 Å². The lowest BCUT2D eigenvalue weighted by Crippen LogP contribution is -2.42. The second-order valence-corrected chi connectivity index (χ2v) is 4.46. The second-order valence-electron chi connectivity index (χ2n) is 4.46. The van der Waals surface area contributed by atoms with Gasteiger partial charge in [-0.15, -0.1) is 0 Å². The molecule has 0 aliphatic carbocycles. The number of nitrogens with zero attached hydrogens (tertiary/aromatic N) is 3. The van der Waals surface area contributed by atoms with Crippen molar-refractivity contribution in [3.05, 3.63) is 65.8 Å². The van der Waals surface area contributed by atoms with E-state index < -0.39 is 11.6 Å². The topological polar surface area (TPSA) is 98.9 Å². The maximum atomic E-state index is 12.0. The van der Waals surface area contributed by atoms with Crippen molar-refractivity contribution in [2.45, 2.75) is 5.72 Å². The van der Waals surface area contributed by atoms with Gasteiger partial charge in [-0.2, -0.15) is 5.26 Å². The fourth-order valence-corrected chi connectivity index (χ4v) is 2.28. The smallest absolute Gasteiger partial charge is 0.265 e. The molecule has 1 aliphatic rings. The van der Waals surface area contributed by atoms with E-state index in [1.54, 1.807) is 36.4 Å². The lowest BCUT2D eigenvalue weighted by atomic mass is 9.95. The Labute approximate surface area is 120 Å². The Balaban J connectivity index is 2.26. The van der Waals surface area contributed by atoms with Gasteiger partial charge in [-0.1, -0.05) is 12.1 Å². The molecule has 6 nitrogen and oxygen atoms in total. The van der Waals surface area contributed by atoms with E-state index >= 15 is 0 Å². The Bertz CT molecular complexity index is 765. The van der Waals surface area contributed by atoms with E-state index in [-0.39, 0.29) is 16.8 Å². The molecule has 0 bridgehead atoms. The molecule has 0 aromatic carbocycles. The number of carbonyl (C=O) groups excluding carboxylic acids is 1. The van der Waals surface area contributed by atoms with Crippen LogP contribution in [0.4, 0.5) is 0 Å². The van der Waals surface area contributed by atoms with Crippen LogP contribution in [0.5, 0.6) is 0 Å². The monoisotopic (exact) mass is 278 g/mol. The van der Waals surface area contributed by atoms with Crippen LogP contribution in [0.3, 0.4) is 0 Å². The van der Waals surface area contributed by atoms with Crippen LogP contribution >= 0.6 is 0 Å². The number of rotatable bonds is 2. The first kappa shape index (κ1) is 13.0. The van der Waals surface area contributed by atoms with Gasteiger partial charge in [0.15, 0.2) is 0 Å². The molecule has 3 rings (SSSR count). The number of aromatic nitrogens is 2. The first-order valence-electron chi connectivity index (χ1n) is 6.19. The van der Waals surface area contributed by atoms with Gasteiger partial charge in [-0.3, -0.25) is 14.8 Å². The molecule has 0 saturated carbocycles. The fraction of sp³-hybridized carbons (Fsp3) is 0.0667. The van der Waals surface area contributed by atoms with Crippen molar-refractivity contribution >= 4 is 11.5 Å². The van der Waals surface area contributed by atoms with Crippen molar-refractivity contribution in [3.63, 3.8) is 0 Å². The molecule has 2 aromatic rings. The molecule has 3 heterocycles. The van der Waals surface area contributed by atoms with Crippen molar-refractivity contribution in [3.8, 4) is 6.07 Å². The van der Waals surface area contributed by atoms with E-state index in [1.807, 2.05) is 6.07 Å². The van der Waals surface area contributed by atoms with Crippen LogP contribution < -0.4 is 5.32 Å². The molecule has 102 valence electrons. The minimum Gasteiger partial charge on any atom is -0.362 e. The highest BCUT2D eigenvalue weighted by Gasteiger charge is 2.47. The zero-order valence-corrected chi connectivity index (χ0v) is 10.8. The van der Waals surface area contributed by atoms with E-state index in [0.29, 0.717) is 5.69 Å². The fourth-order valence-electron chi connectivity index (χ4n) is 2.28. The van der Waals surface area contributed by atoms with E-state index in [0.717, 1.165) is 0 Å². The summed E-state index contributed by atoms with van der Waals surface area (Å²) in [6, 6.07) is 11.8. The number of nitriles is 1. The average molecular weight is 278 g/mol. The number of aliphatic hydroxyl groups is 1. The summed E-state index contributed by atoms with van der Waals surface area (Å²) in [5, 5.41) is 22.5. The van der Waals surface area contributed by atoms with Crippen molar-refractivity contribution < 1.29 is 9.90 Å². The highest BCUT2D eigenvalue weighted by molar-refractivity contribution is 6.11. The molecule has 0 saturated heterocycles. The summed E-state index contributed by atoms with van der Waals surface area (Å²) in [6.07, 6.45) is 3.03. The lowest BCUT2D eigenvalue weighted by molar-refractivity contribution is -0.120. The molecule has 6 heteroatoms. The summed E-state index contributed by atoms with van der Waals surface area (Å²) >= 11 is 0. The first-order valence-corrected chi connectivity index (χ1v) is 6.19. The molecule has 1 amide bonds. The summed E-state index contributed by atoms with van der Waals surface area (Å²) in [6.45, 7) is 0. The van der Waals surface area contributed by atoms with E-state index in [4.69, 9.17) is 0 Å². The zero-order valence-electron chi connectivity index (χ0n) is 10.8. The molecule has 21 heavy (non-hydrogen) atoms. The maximum Gasteiger partial charge on any atom is 0.265 e. The van der Waals surface area contributed by atoms with Crippen LogP contribution in [0, 0.1) is 11.3 Å². The van der Waals surface area contributed by atoms with Gasteiger partial charge in [0, 0.05) is 12.4 Å². The summed E-state index contributed by atoms with van der Waals surface area (Å²) < 4.78 is 0. The van der Waals surface area contributed by atoms with Crippen molar-refractivity contribution in [1.82, 2.24) is 15.3 Å². The maximum absolute atomic E-state index is 12.0. The van der Waals surface area contributed by atoms with Crippen LogP contribution in [0.2, 0.25) is 0 Å². The Morgan fingerprint density at radius 3 is 2.43 bits per heavy atom. The number of nitrogens with one attached hydrogen (secondary N) is 1. The zero-order chi connectivity index (χ0) is 14.9. The quantitative estimate of drug-likeness (QED) is 0.843. The van der Waals surface area contributed by atoms with Crippen LogP contribution in [0.1, 0.15) is 11.4 Å². The Hall–Kier alpha value is -3.04. The van der Waals surface area contributed by atoms with Gasteiger partial charge in [-0.05, 0) is 24.3 Å². The predicted octanol–water partition coefficient (Wildman–Crippen LogP) is 0.729. The number of amides is 1. The van der Waals surface area contributed by atoms with E-state index in [2.05, 4.69) is 15.3 Å². The third-order valence-electron chi connectivity index (χ3n) is 3.20. The molecule has 0 fully saturated rings. The van der Waals surface area contributed by atoms with Crippen LogP contribution in [-0.4, -0.2) is 21.0 Å². The minimum absolute atomic E-state index is 0.120. The highest BCUT2D eigenvalue weighted by Crippen LogP contribution is 2.38. The molecule has 0 unspecified atom stereocenters. The van der Waals surface area contributed by atoms with Gasteiger partial charge in [0.05, 0.1) is 17.0 Å². The number of hydrogen-bond donors (Lipinski definition) is 2. The van der Waals surface area contributed by atoms with E-state index in [1.165, 1.54) is 12.4 Å². The first-order chi connectivity index (χ1) is 10.2.